The van der Waals surface area contributed by atoms with E-state index in [9.17, 15) is 14.7 Å². The van der Waals surface area contributed by atoms with Crippen LogP contribution in [0.2, 0.25) is 0 Å². The summed E-state index contributed by atoms with van der Waals surface area (Å²) in [7, 11) is 0. The molecule has 1 amide bonds. The van der Waals surface area contributed by atoms with Crippen LogP contribution in [0.5, 0.6) is 0 Å². The van der Waals surface area contributed by atoms with E-state index in [-0.39, 0.29) is 30.5 Å². The average Bonchev–Trinajstić information content (AvgIpc) is 2.98. The summed E-state index contributed by atoms with van der Waals surface area (Å²) in [5, 5.41) is 15.7. The fraction of sp³-hybridized carbons (Fsp3) is 0.471. The zero-order valence-electron chi connectivity index (χ0n) is 25.7. The highest BCUT2D eigenvalue weighted by molar-refractivity contribution is 5.99. The number of rotatable bonds is 12. The van der Waals surface area contributed by atoms with Gasteiger partial charge in [0.15, 0.2) is 0 Å². The van der Waals surface area contributed by atoms with E-state index in [0.717, 1.165) is 84.9 Å². The van der Waals surface area contributed by atoms with Gasteiger partial charge in [0.2, 0.25) is 0 Å². The Labute approximate surface area is 249 Å². The van der Waals surface area contributed by atoms with E-state index in [2.05, 4.69) is 57.8 Å². The Balaban J connectivity index is 1.66. The number of carbonyl (C=O) groups is 1. The molecule has 42 heavy (non-hydrogen) atoms. The molecule has 0 bridgehead atoms. The van der Waals surface area contributed by atoms with Gasteiger partial charge in [-0.1, -0.05) is 31.2 Å². The first kappa shape index (κ1) is 31.5. The predicted octanol–water partition coefficient (Wildman–Crippen LogP) is 4.62. The maximum Gasteiger partial charge on any atom is 0.253 e. The minimum absolute atomic E-state index is 0.160. The quantitative estimate of drug-likeness (QED) is 0.252. The Kier molecular flexibility index (Phi) is 11.0. The first-order valence-electron chi connectivity index (χ1n) is 15.1. The smallest absolute Gasteiger partial charge is 0.253 e. The Morgan fingerprint density at radius 3 is 2.43 bits per heavy atom. The standard InChI is InChI=1S/C34H46N4O4/c1-6-38(29-11-13-42-14-12-29)32-17-28(27-9-7-26(8-10-27)19-35-18-22(2)21-39)16-30(25(32)5)33(40)36-20-31-23(3)15-24(4)37-34(31)41/h7-10,15-17,22,29,35,39H,6,11-14,18-21H2,1-5H3,(H,36,40)(H,37,41)/t22-/m1/s1. The molecule has 226 valence electrons. The Morgan fingerprint density at radius 1 is 1.07 bits per heavy atom. The number of aliphatic hydroxyl groups excluding tert-OH is 1. The molecular formula is C34H46N4O4. The van der Waals surface area contributed by atoms with E-state index in [1.165, 1.54) is 0 Å². The van der Waals surface area contributed by atoms with E-state index >= 15 is 0 Å². The second kappa shape index (κ2) is 14.6. The summed E-state index contributed by atoms with van der Waals surface area (Å²) in [5.74, 6) is 0.0159. The number of aromatic nitrogens is 1. The van der Waals surface area contributed by atoms with Crippen molar-refractivity contribution in [3.8, 4) is 11.1 Å². The van der Waals surface area contributed by atoms with Crippen LogP contribution in [0, 0.1) is 26.7 Å². The predicted molar refractivity (Wildman–Crippen MR) is 169 cm³/mol. The van der Waals surface area contributed by atoms with Gasteiger partial charge >= 0.3 is 0 Å². The highest BCUT2D eigenvalue weighted by atomic mass is 16.5. The van der Waals surface area contributed by atoms with Crippen LogP contribution < -0.4 is 21.1 Å². The number of benzene rings is 2. The number of hydrogen-bond donors (Lipinski definition) is 4. The van der Waals surface area contributed by atoms with Crippen molar-refractivity contribution in [1.29, 1.82) is 0 Å². The third kappa shape index (κ3) is 7.68. The molecule has 0 aliphatic carbocycles. The third-order valence-corrected chi connectivity index (χ3v) is 8.25. The highest BCUT2D eigenvalue weighted by Gasteiger charge is 2.25. The molecule has 8 nitrogen and oxygen atoms in total. The number of pyridine rings is 1. The van der Waals surface area contributed by atoms with E-state index in [1.54, 1.807) is 0 Å². The van der Waals surface area contributed by atoms with Gasteiger partial charge in [0, 0.05) is 74.5 Å². The number of amides is 1. The van der Waals surface area contributed by atoms with Crippen molar-refractivity contribution in [3.63, 3.8) is 0 Å². The summed E-state index contributed by atoms with van der Waals surface area (Å²) < 4.78 is 5.64. The van der Waals surface area contributed by atoms with E-state index in [1.807, 2.05) is 39.8 Å². The molecule has 1 aliphatic rings. The van der Waals surface area contributed by atoms with Gasteiger partial charge < -0.3 is 30.4 Å². The maximum atomic E-state index is 13.7. The molecule has 0 saturated carbocycles. The van der Waals surface area contributed by atoms with E-state index in [4.69, 9.17) is 4.74 Å². The molecule has 4 rings (SSSR count). The molecule has 8 heteroatoms. The van der Waals surface area contributed by atoms with Crippen molar-refractivity contribution >= 4 is 11.6 Å². The van der Waals surface area contributed by atoms with Gasteiger partial charge in [-0.3, -0.25) is 9.59 Å². The molecular weight excluding hydrogens is 528 g/mol. The zero-order chi connectivity index (χ0) is 30.2. The molecule has 1 fully saturated rings. The number of aryl methyl sites for hydroxylation is 2. The SMILES string of the molecule is CCN(c1cc(-c2ccc(CNC[C@@H](C)CO)cc2)cc(C(=O)NCc2c(C)cc(C)[nH]c2=O)c1C)C1CCOCC1. The van der Waals surface area contributed by atoms with Crippen molar-refractivity contribution in [2.24, 2.45) is 5.92 Å². The summed E-state index contributed by atoms with van der Waals surface area (Å²) in [5.41, 5.74) is 7.82. The largest absolute Gasteiger partial charge is 0.396 e. The molecule has 4 N–H and O–H groups in total. The lowest BCUT2D eigenvalue weighted by Crippen LogP contribution is -2.40. The van der Waals surface area contributed by atoms with Crippen molar-refractivity contribution in [2.75, 3.05) is 37.8 Å². The Morgan fingerprint density at radius 2 is 1.79 bits per heavy atom. The second-order valence-corrected chi connectivity index (χ2v) is 11.5. The van der Waals surface area contributed by atoms with E-state index in [0.29, 0.717) is 17.2 Å². The number of H-pyrrole nitrogens is 1. The van der Waals surface area contributed by atoms with Crippen molar-refractivity contribution in [2.45, 2.75) is 66.6 Å². The topological polar surface area (TPSA) is 107 Å². The summed E-state index contributed by atoms with van der Waals surface area (Å²) in [6.45, 7) is 14.1. The van der Waals surface area contributed by atoms with Gasteiger partial charge in [0.05, 0.1) is 0 Å². The summed E-state index contributed by atoms with van der Waals surface area (Å²) in [6, 6.07) is 14.8. The summed E-state index contributed by atoms with van der Waals surface area (Å²) >= 11 is 0. The van der Waals surface area contributed by atoms with Crippen LogP contribution in [-0.4, -0.2) is 54.9 Å². The number of aromatic amines is 1. The maximum absolute atomic E-state index is 13.7. The molecule has 0 radical (unpaired) electrons. The summed E-state index contributed by atoms with van der Waals surface area (Å²) in [4.78, 5) is 31.5. The van der Waals surface area contributed by atoms with Gasteiger partial charge in [-0.2, -0.15) is 0 Å². The highest BCUT2D eigenvalue weighted by Crippen LogP contribution is 2.34. The Hall–Kier alpha value is -3.46. The Bertz CT molecular complexity index is 1410. The van der Waals surface area contributed by atoms with Crippen LogP contribution in [0.4, 0.5) is 5.69 Å². The third-order valence-electron chi connectivity index (χ3n) is 8.25. The lowest BCUT2D eigenvalue weighted by atomic mass is 9.94. The zero-order valence-corrected chi connectivity index (χ0v) is 25.7. The lowest BCUT2D eigenvalue weighted by Gasteiger charge is -2.37. The number of ether oxygens (including phenoxy) is 1. The second-order valence-electron chi connectivity index (χ2n) is 11.5. The number of nitrogens with zero attached hydrogens (tertiary/aromatic N) is 1. The van der Waals surface area contributed by atoms with Crippen molar-refractivity contribution < 1.29 is 14.6 Å². The number of hydrogen-bond acceptors (Lipinski definition) is 6. The molecule has 1 saturated heterocycles. The minimum atomic E-state index is -0.197. The van der Waals surface area contributed by atoms with Crippen LogP contribution in [0.1, 0.15) is 65.0 Å². The normalized spacial score (nSPS) is 14.5. The van der Waals surface area contributed by atoms with Crippen LogP contribution >= 0.6 is 0 Å². The molecule has 0 spiro atoms. The molecule has 3 aromatic rings. The van der Waals surface area contributed by atoms with Crippen LogP contribution in [0.3, 0.4) is 0 Å². The van der Waals surface area contributed by atoms with Crippen molar-refractivity contribution in [1.82, 2.24) is 15.6 Å². The monoisotopic (exact) mass is 574 g/mol. The fourth-order valence-electron chi connectivity index (χ4n) is 5.73. The average molecular weight is 575 g/mol. The van der Waals surface area contributed by atoms with Crippen molar-refractivity contribution in [3.05, 3.63) is 86.3 Å². The van der Waals surface area contributed by atoms with Gasteiger partial charge in [-0.05, 0) is 92.5 Å². The molecule has 2 aromatic carbocycles. The van der Waals surface area contributed by atoms with Gasteiger partial charge in [-0.15, -0.1) is 0 Å². The number of anilines is 1. The number of aliphatic hydroxyl groups is 1. The van der Waals surface area contributed by atoms with Crippen LogP contribution in [0.25, 0.3) is 11.1 Å². The molecule has 2 heterocycles. The molecule has 1 atom stereocenters. The molecule has 1 aromatic heterocycles. The lowest BCUT2D eigenvalue weighted by molar-refractivity contribution is 0.0846. The van der Waals surface area contributed by atoms with Crippen LogP contribution in [-0.2, 0) is 17.8 Å². The first-order valence-corrected chi connectivity index (χ1v) is 15.1. The van der Waals surface area contributed by atoms with Gasteiger partial charge in [0.25, 0.3) is 11.5 Å². The first-order chi connectivity index (χ1) is 20.2. The van der Waals surface area contributed by atoms with E-state index < -0.39 is 0 Å². The molecule has 1 aliphatic heterocycles. The van der Waals surface area contributed by atoms with Crippen LogP contribution in [0.15, 0.2) is 47.3 Å². The number of carbonyl (C=O) groups excluding carboxylic acids is 1. The summed E-state index contributed by atoms with van der Waals surface area (Å²) in [6.07, 6.45) is 1.90. The van der Waals surface area contributed by atoms with Gasteiger partial charge in [0.1, 0.15) is 0 Å². The minimum Gasteiger partial charge on any atom is -0.396 e. The fourth-order valence-corrected chi connectivity index (χ4v) is 5.73. The number of nitrogens with one attached hydrogen (secondary N) is 3. The van der Waals surface area contributed by atoms with Gasteiger partial charge in [-0.25, -0.2) is 0 Å². The molecule has 0 unspecified atom stereocenters.